The van der Waals surface area contributed by atoms with Crippen LogP contribution in [0, 0.1) is 0 Å². The van der Waals surface area contributed by atoms with Gasteiger partial charge >= 0.3 is 17.9 Å². The van der Waals surface area contributed by atoms with Crippen molar-refractivity contribution in [3.05, 3.63) is 0 Å². The minimum absolute atomic E-state index is 0.0627. The molecule has 0 fully saturated rings. The number of hydrogen-bond acceptors (Lipinski definition) is 9. The molecule has 5 N–H and O–H groups in total. The maximum absolute atomic E-state index is 11.4. The number of aliphatic hydroxyl groups is 2. The first-order chi connectivity index (χ1) is 13.6. The summed E-state index contributed by atoms with van der Waals surface area (Å²) in [6.07, 6.45) is 0.134. The molecular weight excluding hydrogens is 410 g/mol. The maximum Gasteiger partial charge on any atom is 0.321 e. The second-order valence-electron chi connectivity index (χ2n) is 6.44. The van der Waals surface area contributed by atoms with Crippen LogP contribution in [0.1, 0.15) is 19.8 Å². The Balaban J connectivity index is 4.10. The van der Waals surface area contributed by atoms with Gasteiger partial charge in [0.05, 0.1) is 38.5 Å². The van der Waals surface area contributed by atoms with Crippen molar-refractivity contribution in [1.82, 2.24) is 4.90 Å². The molecule has 0 aliphatic heterocycles. The molecule has 0 bridgehead atoms. The average Bonchev–Trinajstić information content (AvgIpc) is 2.59. The molecule has 12 heteroatoms. The molecule has 0 amide bonds. The summed E-state index contributed by atoms with van der Waals surface area (Å²) in [4.78, 5) is 33.9. The van der Waals surface area contributed by atoms with Crippen LogP contribution in [0.5, 0.6) is 0 Å². The highest BCUT2D eigenvalue weighted by Crippen LogP contribution is 2.12. The third kappa shape index (κ3) is 16.1. The molecule has 170 valence electrons. The van der Waals surface area contributed by atoms with Crippen LogP contribution in [-0.4, -0.2) is 118 Å². The zero-order valence-electron chi connectivity index (χ0n) is 16.4. The molecule has 0 saturated carbocycles. The van der Waals surface area contributed by atoms with Gasteiger partial charge in [-0.25, -0.2) is 0 Å². The van der Waals surface area contributed by atoms with Crippen LogP contribution < -0.4 is 0 Å². The quantitative estimate of drug-likeness (QED) is 0.158. The fourth-order valence-electron chi connectivity index (χ4n) is 2.20. The van der Waals surface area contributed by atoms with Gasteiger partial charge in [0.1, 0.15) is 6.04 Å². The highest BCUT2D eigenvalue weighted by atomic mass is 32.2. The zero-order valence-corrected chi connectivity index (χ0v) is 17.3. The molecule has 3 atom stereocenters. The highest BCUT2D eigenvalue weighted by Gasteiger charge is 2.29. The standard InChI is InChI=1S/C17H31NO10S/c1-12(19)8-27-4-2-3-5-28-9-13(20)10-29-11-14(17(25)26)18(6-15(21)22)7-16(23)24/h12-14,19-20H,2-11H2,1H3,(H,21,22)(H,23,24)(H,25,26). The molecule has 3 unspecified atom stereocenters. The number of aliphatic carboxylic acids is 3. The molecule has 11 nitrogen and oxygen atoms in total. The van der Waals surface area contributed by atoms with Gasteiger partial charge in [0.25, 0.3) is 0 Å². The lowest BCUT2D eigenvalue weighted by Crippen LogP contribution is -2.48. The normalized spacial score (nSPS) is 14.5. The predicted molar refractivity (Wildman–Crippen MR) is 104 cm³/mol. The van der Waals surface area contributed by atoms with Crippen molar-refractivity contribution in [2.75, 3.05) is 51.0 Å². The zero-order chi connectivity index (χ0) is 22.2. The van der Waals surface area contributed by atoms with E-state index in [1.165, 1.54) is 0 Å². The van der Waals surface area contributed by atoms with Crippen molar-refractivity contribution in [1.29, 1.82) is 0 Å². The summed E-state index contributed by atoms with van der Waals surface area (Å²) < 4.78 is 10.5. The maximum atomic E-state index is 11.4. The number of aliphatic hydroxyl groups excluding tert-OH is 2. The van der Waals surface area contributed by atoms with Crippen LogP contribution >= 0.6 is 11.8 Å². The lowest BCUT2D eigenvalue weighted by atomic mass is 10.2. The Bertz CT molecular complexity index is 475. The first kappa shape index (κ1) is 27.6. The Hall–Kier alpha value is -1.44. The summed E-state index contributed by atoms with van der Waals surface area (Å²) in [5.41, 5.74) is 0. The third-order valence-corrected chi connectivity index (χ3v) is 4.66. The number of carbonyl (C=O) groups is 3. The number of nitrogens with zero attached hydrogens (tertiary/aromatic N) is 1. The summed E-state index contributed by atoms with van der Waals surface area (Å²) in [6.45, 7) is 1.48. The van der Waals surface area contributed by atoms with Crippen molar-refractivity contribution in [2.24, 2.45) is 0 Å². The molecule has 0 aliphatic carbocycles. The van der Waals surface area contributed by atoms with Crippen molar-refractivity contribution in [3.63, 3.8) is 0 Å². The van der Waals surface area contributed by atoms with Crippen molar-refractivity contribution < 1.29 is 49.4 Å². The molecule has 0 rings (SSSR count). The van der Waals surface area contributed by atoms with Gasteiger partial charge < -0.3 is 35.0 Å². The molecule has 0 radical (unpaired) electrons. The van der Waals surface area contributed by atoms with Gasteiger partial charge in [0, 0.05) is 24.7 Å². The minimum atomic E-state index is -1.33. The van der Waals surface area contributed by atoms with Gasteiger partial charge in [-0.3, -0.25) is 19.3 Å². The van der Waals surface area contributed by atoms with Gasteiger partial charge in [-0.05, 0) is 19.8 Å². The summed E-state index contributed by atoms with van der Waals surface area (Å²) in [5.74, 6) is -3.90. The molecule has 0 aromatic heterocycles. The molecule has 0 aromatic carbocycles. The number of rotatable bonds is 19. The van der Waals surface area contributed by atoms with E-state index in [1.807, 2.05) is 0 Å². The van der Waals surface area contributed by atoms with Crippen molar-refractivity contribution in [2.45, 2.75) is 38.0 Å². The minimum Gasteiger partial charge on any atom is -0.480 e. The average molecular weight is 441 g/mol. The van der Waals surface area contributed by atoms with Crippen LogP contribution in [0.2, 0.25) is 0 Å². The fraction of sp³-hybridized carbons (Fsp3) is 0.824. The highest BCUT2D eigenvalue weighted by molar-refractivity contribution is 7.99. The molecule has 0 aliphatic rings. The summed E-state index contributed by atoms with van der Waals surface area (Å²) in [6, 6.07) is -1.30. The van der Waals surface area contributed by atoms with Gasteiger partial charge in [0.2, 0.25) is 0 Å². The number of ether oxygens (including phenoxy) is 2. The first-order valence-corrected chi connectivity index (χ1v) is 10.3. The molecular formula is C17H31NO10S. The summed E-state index contributed by atoms with van der Waals surface area (Å²) >= 11 is 1.08. The Morgan fingerprint density at radius 1 is 0.897 bits per heavy atom. The van der Waals surface area contributed by atoms with Gasteiger partial charge in [0.15, 0.2) is 0 Å². The smallest absolute Gasteiger partial charge is 0.321 e. The Labute approximate surface area is 173 Å². The summed E-state index contributed by atoms with van der Waals surface area (Å²) in [5, 5.41) is 45.9. The number of unbranched alkanes of at least 4 members (excludes halogenated alkanes) is 1. The Morgan fingerprint density at radius 2 is 1.41 bits per heavy atom. The number of carboxylic acid groups (broad SMARTS) is 3. The second kappa shape index (κ2) is 16.4. The van der Waals surface area contributed by atoms with E-state index in [2.05, 4.69) is 0 Å². The fourth-order valence-corrected chi connectivity index (χ4v) is 3.28. The van der Waals surface area contributed by atoms with Crippen molar-refractivity contribution in [3.8, 4) is 0 Å². The van der Waals surface area contributed by atoms with E-state index in [0.717, 1.165) is 29.5 Å². The largest absolute Gasteiger partial charge is 0.480 e. The molecule has 0 saturated heterocycles. The molecule has 0 spiro atoms. The van der Waals surface area contributed by atoms with Crippen LogP contribution in [0.3, 0.4) is 0 Å². The molecule has 0 heterocycles. The SMILES string of the molecule is CC(O)COCCCCOCC(O)CSCC(C(=O)O)N(CC(=O)O)CC(=O)O. The van der Waals surface area contributed by atoms with E-state index in [1.54, 1.807) is 6.92 Å². The number of carboxylic acids is 3. The van der Waals surface area contributed by atoms with E-state index < -0.39 is 49.2 Å². The van der Waals surface area contributed by atoms with Gasteiger partial charge in [-0.1, -0.05) is 0 Å². The molecule has 29 heavy (non-hydrogen) atoms. The van der Waals surface area contributed by atoms with E-state index in [0.29, 0.717) is 13.2 Å². The second-order valence-corrected chi connectivity index (χ2v) is 7.52. The van der Waals surface area contributed by atoms with Crippen LogP contribution in [0.25, 0.3) is 0 Å². The van der Waals surface area contributed by atoms with E-state index in [9.17, 15) is 24.6 Å². The predicted octanol–water partition coefficient (Wildman–Crippen LogP) is -0.801. The van der Waals surface area contributed by atoms with Gasteiger partial charge in [-0.15, -0.1) is 0 Å². The van der Waals surface area contributed by atoms with Crippen LogP contribution in [0.4, 0.5) is 0 Å². The van der Waals surface area contributed by atoms with E-state index >= 15 is 0 Å². The molecule has 0 aromatic rings. The van der Waals surface area contributed by atoms with Crippen molar-refractivity contribution >= 4 is 29.7 Å². The lowest BCUT2D eigenvalue weighted by Gasteiger charge is -2.25. The van der Waals surface area contributed by atoms with Crippen LogP contribution in [-0.2, 0) is 23.9 Å². The topological polar surface area (TPSA) is 174 Å². The Kier molecular flexibility index (Phi) is 15.6. The Morgan fingerprint density at radius 3 is 1.86 bits per heavy atom. The summed E-state index contributed by atoms with van der Waals surface area (Å²) in [7, 11) is 0. The van der Waals surface area contributed by atoms with E-state index in [-0.39, 0.29) is 24.7 Å². The third-order valence-electron chi connectivity index (χ3n) is 3.49. The monoisotopic (exact) mass is 441 g/mol. The number of hydrogen-bond donors (Lipinski definition) is 5. The first-order valence-electron chi connectivity index (χ1n) is 9.13. The van der Waals surface area contributed by atoms with Gasteiger partial charge in [-0.2, -0.15) is 11.8 Å². The lowest BCUT2D eigenvalue weighted by molar-refractivity contribution is -0.148. The van der Waals surface area contributed by atoms with Crippen LogP contribution in [0.15, 0.2) is 0 Å². The van der Waals surface area contributed by atoms with E-state index in [4.69, 9.17) is 24.8 Å². The number of thioether (sulfide) groups is 1.